The highest BCUT2D eigenvalue weighted by Gasteiger charge is 2.23. The van der Waals surface area contributed by atoms with E-state index in [4.69, 9.17) is 42.6 Å². The number of aromatic nitrogens is 4. The van der Waals surface area contributed by atoms with Gasteiger partial charge in [0.1, 0.15) is 5.69 Å². The van der Waals surface area contributed by atoms with Crippen molar-refractivity contribution in [2.24, 2.45) is 4.99 Å². The molecule has 1 saturated heterocycles. The molecule has 2 aliphatic heterocycles. The molecule has 0 unspecified atom stereocenters. The second kappa shape index (κ2) is 13.4. The van der Waals surface area contributed by atoms with Crippen molar-refractivity contribution in [3.8, 4) is 45.4 Å². The Morgan fingerprint density at radius 3 is 2.07 bits per heavy atom. The zero-order valence-electron chi connectivity index (χ0n) is 25.2. The van der Waals surface area contributed by atoms with Gasteiger partial charge in [0, 0.05) is 40.8 Å². The molecular formula is C33H33Cl2N7O3. The molecule has 10 nitrogen and oxygen atoms in total. The van der Waals surface area contributed by atoms with Crippen LogP contribution in [0.3, 0.4) is 0 Å². The number of halogens is 2. The number of benzene rings is 2. The van der Waals surface area contributed by atoms with Gasteiger partial charge in [-0.25, -0.2) is 15.0 Å². The number of amides is 1. The predicted molar refractivity (Wildman–Crippen MR) is 175 cm³/mol. The SMILES string of the molecule is COc1nc(-c2cccc(-c3cccc(-c4cnc(C5=NC[C@@H](C)N5)c(OC)n4)c3Cl)c2Cl)cnc1CCC[C@@H]1CCC(=O)N1. The van der Waals surface area contributed by atoms with Gasteiger partial charge in [-0.3, -0.25) is 14.8 Å². The maximum Gasteiger partial charge on any atom is 0.244 e. The van der Waals surface area contributed by atoms with Gasteiger partial charge in [-0.15, -0.1) is 0 Å². The number of nitrogens with one attached hydrogen (secondary N) is 2. The van der Waals surface area contributed by atoms with Gasteiger partial charge in [-0.05, 0) is 32.6 Å². The Morgan fingerprint density at radius 1 is 0.867 bits per heavy atom. The van der Waals surface area contributed by atoms with E-state index in [0.717, 1.165) is 36.1 Å². The average molecular weight is 647 g/mol. The molecule has 2 N–H and O–H groups in total. The lowest BCUT2D eigenvalue weighted by molar-refractivity contribution is -0.119. The minimum absolute atomic E-state index is 0.124. The summed E-state index contributed by atoms with van der Waals surface area (Å²) in [4.78, 5) is 34.8. The van der Waals surface area contributed by atoms with E-state index in [2.05, 4.69) is 32.5 Å². The summed E-state index contributed by atoms with van der Waals surface area (Å²) in [6.07, 6.45) is 7.31. The normalized spacial score (nSPS) is 17.5. The van der Waals surface area contributed by atoms with Crippen molar-refractivity contribution in [2.45, 2.75) is 51.1 Å². The molecule has 0 aliphatic carbocycles. The highest BCUT2D eigenvalue weighted by atomic mass is 35.5. The molecule has 2 aromatic heterocycles. The van der Waals surface area contributed by atoms with Crippen LogP contribution in [-0.4, -0.2) is 64.5 Å². The Balaban J connectivity index is 1.27. The van der Waals surface area contributed by atoms with Crippen LogP contribution in [0.2, 0.25) is 10.0 Å². The summed E-state index contributed by atoms with van der Waals surface area (Å²) in [5, 5.41) is 7.27. The van der Waals surface area contributed by atoms with Crippen LogP contribution in [0.5, 0.6) is 11.8 Å². The number of aliphatic imine (C=N–C) groups is 1. The third-order valence-electron chi connectivity index (χ3n) is 7.96. The Hall–Kier alpha value is -4.28. The van der Waals surface area contributed by atoms with Crippen molar-refractivity contribution < 1.29 is 14.3 Å². The Kier molecular flexibility index (Phi) is 9.14. The molecule has 0 spiro atoms. The average Bonchev–Trinajstić information content (AvgIpc) is 3.68. The summed E-state index contributed by atoms with van der Waals surface area (Å²) in [6.45, 7) is 2.72. The number of carbonyl (C=O) groups is 1. The minimum Gasteiger partial charge on any atom is -0.480 e. The molecule has 6 rings (SSSR count). The molecular weight excluding hydrogens is 613 g/mol. The van der Waals surface area contributed by atoms with E-state index in [9.17, 15) is 4.79 Å². The first-order valence-electron chi connectivity index (χ1n) is 14.9. The molecule has 4 aromatic rings. The van der Waals surface area contributed by atoms with Gasteiger partial charge in [0.15, 0.2) is 11.5 Å². The third-order valence-corrected chi connectivity index (χ3v) is 8.77. The summed E-state index contributed by atoms with van der Waals surface area (Å²) in [7, 11) is 3.14. The quantitative estimate of drug-likeness (QED) is 0.217. The summed E-state index contributed by atoms with van der Waals surface area (Å²) in [5.41, 5.74) is 5.32. The second-order valence-electron chi connectivity index (χ2n) is 11.1. The van der Waals surface area contributed by atoms with Crippen molar-refractivity contribution in [1.82, 2.24) is 30.6 Å². The molecule has 2 aromatic carbocycles. The van der Waals surface area contributed by atoms with E-state index in [0.29, 0.717) is 75.2 Å². The van der Waals surface area contributed by atoms with E-state index < -0.39 is 0 Å². The lowest BCUT2D eigenvalue weighted by Crippen LogP contribution is -2.28. The van der Waals surface area contributed by atoms with Gasteiger partial charge >= 0.3 is 0 Å². The Bertz CT molecular complexity index is 1780. The van der Waals surface area contributed by atoms with Crippen LogP contribution in [0.4, 0.5) is 0 Å². The first-order chi connectivity index (χ1) is 21.9. The molecule has 1 amide bonds. The largest absolute Gasteiger partial charge is 0.480 e. The number of hydrogen-bond donors (Lipinski definition) is 2. The van der Waals surface area contributed by atoms with Crippen molar-refractivity contribution in [3.63, 3.8) is 0 Å². The van der Waals surface area contributed by atoms with Crippen molar-refractivity contribution >= 4 is 34.9 Å². The molecule has 0 bridgehead atoms. The molecule has 232 valence electrons. The fourth-order valence-corrected chi connectivity index (χ4v) is 6.30. The summed E-state index contributed by atoms with van der Waals surface area (Å²) < 4.78 is 11.2. The van der Waals surface area contributed by atoms with Crippen LogP contribution in [0.15, 0.2) is 53.8 Å². The number of aryl methyl sites for hydroxylation is 1. The van der Waals surface area contributed by atoms with Crippen LogP contribution in [0.1, 0.15) is 44.0 Å². The number of hydrogen-bond acceptors (Lipinski definition) is 9. The second-order valence-corrected chi connectivity index (χ2v) is 11.8. The number of carbonyl (C=O) groups excluding carboxylic acids is 1. The van der Waals surface area contributed by atoms with E-state index >= 15 is 0 Å². The molecule has 12 heteroatoms. The highest BCUT2D eigenvalue weighted by molar-refractivity contribution is 6.39. The molecule has 2 aliphatic rings. The molecule has 45 heavy (non-hydrogen) atoms. The Labute approximate surface area is 271 Å². The van der Waals surface area contributed by atoms with E-state index in [1.165, 1.54) is 0 Å². The smallest absolute Gasteiger partial charge is 0.244 e. The Morgan fingerprint density at radius 2 is 1.49 bits per heavy atom. The standard InChI is InChI=1S/C33H33Cl2N7O3/c1-18-15-38-31(39-18)30-33(45-3)42-26(17-37-30)23-11-6-9-21(29(23)35)20-8-5-10-22(28(20)34)25-16-36-24(32(41-25)44-2)12-4-7-19-13-14-27(43)40-19/h5-6,8-11,16-19H,4,7,12-15H2,1-3H3,(H,38,39)(H,40,43)/t18-,19-/m1/s1. The van der Waals surface area contributed by atoms with Crippen molar-refractivity contribution in [3.05, 3.63) is 70.2 Å². The zero-order chi connectivity index (χ0) is 31.5. The van der Waals surface area contributed by atoms with Crippen molar-refractivity contribution in [2.75, 3.05) is 20.8 Å². The number of ether oxygens (including phenoxy) is 2. The first-order valence-corrected chi connectivity index (χ1v) is 15.6. The van der Waals surface area contributed by atoms with Gasteiger partial charge in [-0.2, -0.15) is 0 Å². The zero-order valence-corrected chi connectivity index (χ0v) is 26.7. The van der Waals surface area contributed by atoms with Gasteiger partial charge in [-0.1, -0.05) is 59.6 Å². The van der Waals surface area contributed by atoms with Crippen LogP contribution >= 0.6 is 23.2 Å². The van der Waals surface area contributed by atoms with Crippen molar-refractivity contribution in [1.29, 1.82) is 0 Å². The maximum atomic E-state index is 11.5. The molecule has 0 saturated carbocycles. The van der Waals surface area contributed by atoms with Gasteiger partial charge in [0.2, 0.25) is 17.7 Å². The van der Waals surface area contributed by atoms with Gasteiger partial charge in [0.05, 0.1) is 54.6 Å². The number of amidine groups is 1. The number of rotatable bonds is 10. The van der Waals surface area contributed by atoms with Crippen LogP contribution < -0.4 is 20.1 Å². The van der Waals surface area contributed by atoms with E-state index in [-0.39, 0.29) is 18.0 Å². The summed E-state index contributed by atoms with van der Waals surface area (Å²) >= 11 is 14.1. The van der Waals surface area contributed by atoms with Gasteiger partial charge in [0.25, 0.3) is 0 Å². The number of methoxy groups -OCH3 is 2. The van der Waals surface area contributed by atoms with Crippen LogP contribution in [-0.2, 0) is 11.2 Å². The van der Waals surface area contributed by atoms with E-state index in [1.807, 2.05) is 36.4 Å². The van der Waals surface area contributed by atoms with Crippen LogP contribution in [0, 0.1) is 0 Å². The first kappa shape index (κ1) is 30.7. The fourth-order valence-electron chi connectivity index (χ4n) is 5.65. The predicted octanol–water partition coefficient (Wildman–Crippen LogP) is 5.93. The summed E-state index contributed by atoms with van der Waals surface area (Å²) in [6, 6.07) is 11.9. The summed E-state index contributed by atoms with van der Waals surface area (Å²) in [5.74, 6) is 1.59. The molecule has 0 radical (unpaired) electrons. The van der Waals surface area contributed by atoms with E-state index in [1.54, 1.807) is 26.6 Å². The fraction of sp³-hybridized carbons (Fsp3) is 0.333. The minimum atomic E-state index is 0.124. The maximum absolute atomic E-state index is 11.5. The third kappa shape index (κ3) is 6.43. The topological polar surface area (TPSA) is 124 Å². The monoisotopic (exact) mass is 645 g/mol. The number of nitrogens with zero attached hydrogens (tertiary/aromatic N) is 5. The lowest BCUT2D eigenvalue weighted by atomic mass is 9.98. The van der Waals surface area contributed by atoms with Crippen LogP contribution in [0.25, 0.3) is 33.6 Å². The molecule has 1 fully saturated rings. The van der Waals surface area contributed by atoms with Gasteiger partial charge < -0.3 is 20.1 Å². The highest BCUT2D eigenvalue weighted by Crippen LogP contribution is 2.42. The molecule has 4 heterocycles. The molecule has 2 atom stereocenters. The lowest BCUT2D eigenvalue weighted by Gasteiger charge is -2.15.